The molecule has 424 valence electrons. The van der Waals surface area contributed by atoms with Crippen molar-refractivity contribution in [1.29, 1.82) is 0 Å². The first-order chi connectivity index (χ1) is 35.4. The monoisotopic (exact) mass is 1070 g/mol. The lowest BCUT2D eigenvalue weighted by Gasteiger charge is -2.34. The number of H-pyrrole nitrogens is 1. The molecule has 4 heterocycles. The number of rotatable bonds is 29. The molecule has 2 saturated heterocycles. The van der Waals surface area contributed by atoms with Crippen LogP contribution in [-0.2, 0) is 42.9 Å². The van der Waals surface area contributed by atoms with E-state index >= 15 is 0 Å². The van der Waals surface area contributed by atoms with Gasteiger partial charge >= 0.3 is 29.6 Å². The summed E-state index contributed by atoms with van der Waals surface area (Å²) in [6.07, 6.45) is -12.7. The fraction of sp³-hybridized carbons (Fsp3) is 0.761. The molecule has 3 aliphatic rings. The molecule has 15 atom stereocenters. The molecule has 0 bridgehead atoms. The number of carboxylic acids is 2. The number of carbonyl (C=O) groups excluding carboxylic acids is 4. The molecular formula is C46H77N11O18. The number of carboxylic acid groups (broad SMARTS) is 2. The summed E-state index contributed by atoms with van der Waals surface area (Å²) in [6.45, 7) is 9.98. The van der Waals surface area contributed by atoms with Gasteiger partial charge in [-0.05, 0) is 43.6 Å². The predicted octanol–water partition coefficient (Wildman–Crippen LogP) is -4.39. The molecule has 0 aliphatic carbocycles. The number of aromatic amines is 1. The molecule has 0 spiro atoms. The maximum absolute atomic E-state index is 14.4. The van der Waals surface area contributed by atoms with Gasteiger partial charge in [-0.2, -0.15) is 0 Å². The number of urea groups is 1. The summed E-state index contributed by atoms with van der Waals surface area (Å²) in [5.74, 6) is -6.14. The van der Waals surface area contributed by atoms with Crippen LogP contribution >= 0.6 is 0 Å². The van der Waals surface area contributed by atoms with Gasteiger partial charge in [0.05, 0.1) is 6.04 Å². The molecule has 1 aromatic rings. The summed E-state index contributed by atoms with van der Waals surface area (Å²) in [7, 11) is 0. The highest BCUT2D eigenvalue weighted by Gasteiger charge is 2.54. The Labute approximate surface area is 432 Å². The predicted molar refractivity (Wildman–Crippen MR) is 263 cm³/mol. The number of guanidine groups is 1. The van der Waals surface area contributed by atoms with Crippen LogP contribution in [0.4, 0.5) is 4.79 Å². The van der Waals surface area contributed by atoms with Crippen LogP contribution in [-0.4, -0.2) is 193 Å². The van der Waals surface area contributed by atoms with E-state index in [9.17, 15) is 69.0 Å². The van der Waals surface area contributed by atoms with E-state index in [2.05, 4.69) is 50.7 Å². The molecule has 0 aromatic carbocycles. The minimum Gasteiger partial charge on any atom is -0.480 e. The third-order valence-electron chi connectivity index (χ3n) is 12.9. The third kappa shape index (κ3) is 17.4. The molecule has 15 unspecified atom stereocenters. The molecule has 0 saturated carbocycles. The van der Waals surface area contributed by atoms with Crippen molar-refractivity contribution in [1.82, 2.24) is 41.5 Å². The van der Waals surface area contributed by atoms with E-state index in [1.54, 1.807) is 27.7 Å². The van der Waals surface area contributed by atoms with Gasteiger partial charge < -0.3 is 93.0 Å². The summed E-state index contributed by atoms with van der Waals surface area (Å²) in [6, 6.07) is -7.36. The summed E-state index contributed by atoms with van der Waals surface area (Å²) in [5.41, 5.74) is 9.79. The van der Waals surface area contributed by atoms with Gasteiger partial charge in [-0.25, -0.2) is 14.4 Å². The summed E-state index contributed by atoms with van der Waals surface area (Å²) < 4.78 is 24.0. The standard InChI is InChI=1S/C46H77N11O18/c1-20(2)11-8-7-9-12-26(59)73-35(22(5)6)29(54-39(65)28(23-13-17-51-44(48)52-23)56-45(70)55-27(21(3)4)41(66)67)38(64)50-16-10-15-49-30(42(68)69)36(75-43-34(63)31(60)24(19-47)72-43)37-32(61)33(62)40(74-37)57-18-14-25(58)53-46(57)71/h14,18,20-24,27-37,40,43,49,60-63H,7-13,15-17,19,47H2,1-6H3,(H,50,64)(H,54,65)(H,66,67)(H,68,69)(H3,48,51,52)(H,53,58,71)(H2,55,56,70). The second-order valence-corrected chi connectivity index (χ2v) is 19.9. The smallest absolute Gasteiger partial charge is 0.330 e. The third-order valence-corrected chi connectivity index (χ3v) is 12.9. The average molecular weight is 1070 g/mol. The molecule has 29 nitrogen and oxygen atoms in total. The van der Waals surface area contributed by atoms with Gasteiger partial charge in [0, 0.05) is 38.3 Å². The van der Waals surface area contributed by atoms with E-state index in [1.807, 2.05) is 4.98 Å². The maximum Gasteiger partial charge on any atom is 0.330 e. The van der Waals surface area contributed by atoms with Gasteiger partial charge in [-0.15, -0.1) is 0 Å². The van der Waals surface area contributed by atoms with E-state index in [0.717, 1.165) is 36.1 Å². The number of ether oxygens (including phenoxy) is 4. The van der Waals surface area contributed by atoms with E-state index < -0.39 is 150 Å². The summed E-state index contributed by atoms with van der Waals surface area (Å²) in [4.78, 5) is 111. The SMILES string of the molecule is CC(C)CCCCCC(=O)OC(C(C)C)C(NC(=O)C(NC(=O)NC(C(=O)O)C(C)C)C1CCN=C(N)N1)C(=O)NCCCNC(C(=O)O)C(OC1OC(CN)C(O)C1O)C1OC(n2ccc(=O)[nH]c2=O)C(O)C1O. The number of hydrogen-bond donors (Lipinski definition) is 15. The van der Waals surface area contributed by atoms with E-state index in [0.29, 0.717) is 12.3 Å². The first-order valence-electron chi connectivity index (χ1n) is 25.2. The minimum absolute atomic E-state index is 0.00841. The Kier molecular flexibility index (Phi) is 23.8. The van der Waals surface area contributed by atoms with Crippen LogP contribution in [0.15, 0.2) is 26.8 Å². The van der Waals surface area contributed by atoms with Crippen molar-refractivity contribution in [3.8, 4) is 0 Å². The molecular weight excluding hydrogens is 995 g/mol. The number of aliphatic hydroxyl groups excluding tert-OH is 4. The number of amides is 4. The number of aromatic nitrogens is 2. The Balaban J connectivity index is 1.58. The van der Waals surface area contributed by atoms with Crippen LogP contribution in [0.2, 0.25) is 0 Å². The fourth-order valence-electron chi connectivity index (χ4n) is 8.76. The summed E-state index contributed by atoms with van der Waals surface area (Å²) >= 11 is 0. The summed E-state index contributed by atoms with van der Waals surface area (Å²) in [5, 5.41) is 79.6. The second-order valence-electron chi connectivity index (χ2n) is 19.9. The van der Waals surface area contributed by atoms with Crippen LogP contribution in [0.1, 0.15) is 92.7 Å². The van der Waals surface area contributed by atoms with Crippen molar-refractivity contribution in [3.63, 3.8) is 0 Å². The lowest BCUT2D eigenvalue weighted by molar-refractivity contribution is -0.228. The van der Waals surface area contributed by atoms with Crippen molar-refractivity contribution >= 4 is 41.7 Å². The first-order valence-corrected chi connectivity index (χ1v) is 25.2. The quantitative estimate of drug-likeness (QED) is 0.0266. The molecule has 2 fully saturated rings. The van der Waals surface area contributed by atoms with Gasteiger partial charge in [0.2, 0.25) is 11.8 Å². The van der Waals surface area contributed by atoms with E-state index in [4.69, 9.17) is 30.4 Å². The van der Waals surface area contributed by atoms with Crippen LogP contribution in [0, 0.1) is 17.8 Å². The largest absolute Gasteiger partial charge is 0.480 e. The fourth-order valence-corrected chi connectivity index (χ4v) is 8.76. The Morgan fingerprint density at radius 1 is 0.827 bits per heavy atom. The number of carbonyl (C=O) groups is 6. The zero-order valence-corrected chi connectivity index (χ0v) is 43.0. The normalized spacial score (nSPS) is 26.1. The van der Waals surface area contributed by atoms with Crippen molar-refractivity contribution in [3.05, 3.63) is 33.1 Å². The Hall–Kier alpha value is -5.79. The van der Waals surface area contributed by atoms with Gasteiger partial charge in [-0.3, -0.25) is 38.5 Å². The molecule has 1 aromatic heterocycles. The minimum atomic E-state index is -1.97. The molecule has 0 radical (unpaired) electrons. The molecule has 17 N–H and O–H groups in total. The topological polar surface area (TPSA) is 452 Å². The van der Waals surface area contributed by atoms with E-state index in [1.165, 1.54) is 0 Å². The number of nitrogens with one attached hydrogen (secondary N) is 7. The van der Waals surface area contributed by atoms with Crippen LogP contribution in [0.25, 0.3) is 0 Å². The number of nitrogens with zero attached hydrogens (tertiary/aromatic N) is 2. The van der Waals surface area contributed by atoms with Gasteiger partial charge in [0.25, 0.3) is 5.56 Å². The number of esters is 1. The van der Waals surface area contributed by atoms with Crippen LogP contribution in [0.5, 0.6) is 0 Å². The Morgan fingerprint density at radius 2 is 1.52 bits per heavy atom. The lowest BCUT2D eigenvalue weighted by atomic mass is 9.96. The average Bonchev–Trinajstić information content (AvgIpc) is 3.78. The Bertz CT molecular complexity index is 2230. The number of unbranched alkanes of at least 4 members (excludes halogenated alkanes) is 2. The van der Waals surface area contributed by atoms with Gasteiger partial charge in [-0.1, -0.05) is 60.8 Å². The maximum atomic E-state index is 14.4. The number of aliphatic imine (C=N–C) groups is 1. The molecule has 75 heavy (non-hydrogen) atoms. The van der Waals surface area contributed by atoms with Crippen LogP contribution < -0.4 is 54.6 Å². The zero-order valence-electron chi connectivity index (χ0n) is 43.0. The second kappa shape index (κ2) is 28.9. The highest BCUT2D eigenvalue weighted by Crippen LogP contribution is 2.34. The number of aliphatic carboxylic acids is 2. The highest BCUT2D eigenvalue weighted by atomic mass is 16.7. The molecule has 29 heteroatoms. The van der Waals surface area contributed by atoms with Crippen molar-refractivity contribution in [2.45, 2.75) is 178 Å². The first kappa shape index (κ1) is 61.8. The number of nitrogens with two attached hydrogens (primary N) is 2. The lowest BCUT2D eigenvalue weighted by Crippen LogP contribution is -2.66. The van der Waals surface area contributed by atoms with Gasteiger partial charge in [0.15, 0.2) is 18.5 Å². The zero-order chi connectivity index (χ0) is 55.8. The van der Waals surface area contributed by atoms with E-state index in [-0.39, 0.29) is 51.4 Å². The van der Waals surface area contributed by atoms with Crippen molar-refractivity contribution in [2.24, 2.45) is 34.2 Å². The highest BCUT2D eigenvalue weighted by molar-refractivity contribution is 5.94. The Morgan fingerprint density at radius 3 is 2.11 bits per heavy atom. The van der Waals surface area contributed by atoms with Gasteiger partial charge in [0.1, 0.15) is 73.0 Å². The number of hydrogen-bond acceptors (Lipinski definition) is 21. The number of aliphatic hydroxyl groups is 4. The van der Waals surface area contributed by atoms with Crippen molar-refractivity contribution in [2.75, 3.05) is 26.2 Å². The molecule has 3 aliphatic heterocycles. The molecule has 4 rings (SSSR count). The van der Waals surface area contributed by atoms with Crippen LogP contribution in [0.3, 0.4) is 0 Å². The van der Waals surface area contributed by atoms with Crippen molar-refractivity contribution < 1.29 is 78.4 Å². The molecule has 4 amide bonds.